The molecule has 2 N–H and O–H groups in total. The van der Waals surface area contributed by atoms with Gasteiger partial charge in [0.15, 0.2) is 0 Å². The van der Waals surface area contributed by atoms with E-state index >= 15 is 0 Å². The minimum Gasteiger partial charge on any atom is -0.322 e. The third-order valence-corrected chi connectivity index (χ3v) is 5.83. The maximum absolute atomic E-state index is 12.9. The van der Waals surface area contributed by atoms with Crippen molar-refractivity contribution in [3.05, 3.63) is 71.3 Å². The Balaban J connectivity index is 1.33. The van der Waals surface area contributed by atoms with E-state index in [0.717, 1.165) is 23.5 Å². The molecule has 30 heavy (non-hydrogen) atoms. The van der Waals surface area contributed by atoms with E-state index in [0.29, 0.717) is 19.4 Å². The molecule has 4 rings (SSSR count). The molecule has 4 amide bonds. The highest BCUT2D eigenvalue weighted by molar-refractivity contribution is 6.07. The summed E-state index contributed by atoms with van der Waals surface area (Å²) in [6.07, 6.45) is 1.99. The summed E-state index contributed by atoms with van der Waals surface area (Å²) >= 11 is 0. The first-order chi connectivity index (χ1) is 14.4. The van der Waals surface area contributed by atoms with Crippen molar-refractivity contribution in [2.45, 2.75) is 38.3 Å². The van der Waals surface area contributed by atoms with Crippen molar-refractivity contribution >= 4 is 17.8 Å². The van der Waals surface area contributed by atoms with E-state index in [9.17, 15) is 14.4 Å². The van der Waals surface area contributed by atoms with E-state index in [-0.39, 0.29) is 12.5 Å². The van der Waals surface area contributed by atoms with Crippen LogP contribution in [-0.2, 0) is 29.0 Å². The SMILES string of the molecule is CC1(CCc2ccccc2)NC(=O)N(NC(=O)CN2CCc3ccccc3C2)C1=O. The van der Waals surface area contributed by atoms with Gasteiger partial charge in [-0.05, 0) is 42.9 Å². The van der Waals surface area contributed by atoms with Crippen molar-refractivity contribution in [1.82, 2.24) is 20.7 Å². The minimum atomic E-state index is -1.04. The number of hydrogen-bond donors (Lipinski definition) is 2. The van der Waals surface area contributed by atoms with Crippen LogP contribution in [0.25, 0.3) is 0 Å². The number of fused-ring (bicyclic) bond motifs is 1. The van der Waals surface area contributed by atoms with Gasteiger partial charge in [0.2, 0.25) is 0 Å². The molecular weight excluding hydrogens is 380 g/mol. The van der Waals surface area contributed by atoms with E-state index in [1.165, 1.54) is 11.1 Å². The second-order valence-corrected chi connectivity index (χ2v) is 8.15. The molecule has 1 fully saturated rings. The number of hydrogen-bond acceptors (Lipinski definition) is 4. The number of nitrogens with one attached hydrogen (secondary N) is 2. The third kappa shape index (κ3) is 4.21. The largest absolute Gasteiger partial charge is 0.344 e. The molecule has 1 atom stereocenters. The second-order valence-electron chi connectivity index (χ2n) is 8.15. The van der Waals surface area contributed by atoms with E-state index in [1.54, 1.807) is 6.92 Å². The van der Waals surface area contributed by atoms with E-state index < -0.39 is 17.5 Å². The van der Waals surface area contributed by atoms with Gasteiger partial charge in [-0.15, -0.1) is 0 Å². The molecule has 7 nitrogen and oxygen atoms in total. The summed E-state index contributed by atoms with van der Waals surface area (Å²) in [6, 6.07) is 17.4. The van der Waals surface area contributed by atoms with Crippen LogP contribution in [0.3, 0.4) is 0 Å². The van der Waals surface area contributed by atoms with Crippen molar-refractivity contribution in [3.63, 3.8) is 0 Å². The zero-order chi connectivity index (χ0) is 21.1. The molecular formula is C23H26N4O3. The molecule has 2 aromatic carbocycles. The van der Waals surface area contributed by atoms with Gasteiger partial charge in [0.1, 0.15) is 5.54 Å². The van der Waals surface area contributed by atoms with Gasteiger partial charge in [-0.2, -0.15) is 5.01 Å². The summed E-state index contributed by atoms with van der Waals surface area (Å²) in [4.78, 5) is 39.8. The van der Waals surface area contributed by atoms with Crippen molar-refractivity contribution in [1.29, 1.82) is 0 Å². The molecule has 2 heterocycles. The van der Waals surface area contributed by atoms with Crippen LogP contribution in [0.4, 0.5) is 4.79 Å². The fraction of sp³-hybridized carbons (Fsp3) is 0.348. The standard InChI is InChI=1S/C23H26N4O3/c1-23(13-11-17-7-3-2-4-8-17)21(29)27(22(30)24-23)25-20(28)16-26-14-12-18-9-5-6-10-19(18)15-26/h2-10H,11-16H2,1H3,(H,24,30)(H,25,28). The summed E-state index contributed by atoms with van der Waals surface area (Å²) in [5.41, 5.74) is 5.06. The Hall–Kier alpha value is -3.19. The number of aryl methyl sites for hydroxylation is 1. The normalized spacial score (nSPS) is 21.3. The average Bonchev–Trinajstić information content (AvgIpc) is 2.96. The molecule has 0 aromatic heterocycles. The van der Waals surface area contributed by atoms with Gasteiger partial charge in [-0.1, -0.05) is 54.6 Å². The molecule has 0 spiro atoms. The quantitative estimate of drug-likeness (QED) is 0.719. The number of imide groups is 1. The molecule has 1 saturated heterocycles. The van der Waals surface area contributed by atoms with Crippen molar-refractivity contribution in [2.24, 2.45) is 0 Å². The summed E-state index contributed by atoms with van der Waals surface area (Å²) < 4.78 is 0. The summed E-state index contributed by atoms with van der Waals surface area (Å²) in [5, 5.41) is 3.56. The first-order valence-electron chi connectivity index (χ1n) is 10.2. The van der Waals surface area contributed by atoms with Crippen LogP contribution in [0.5, 0.6) is 0 Å². The van der Waals surface area contributed by atoms with Crippen LogP contribution >= 0.6 is 0 Å². The topological polar surface area (TPSA) is 81.8 Å². The van der Waals surface area contributed by atoms with Gasteiger partial charge in [0, 0.05) is 13.1 Å². The smallest absolute Gasteiger partial charge is 0.322 e. The lowest BCUT2D eigenvalue weighted by molar-refractivity contribution is -0.139. The zero-order valence-electron chi connectivity index (χ0n) is 17.1. The summed E-state index contributed by atoms with van der Waals surface area (Å²) in [5.74, 6) is -0.800. The summed E-state index contributed by atoms with van der Waals surface area (Å²) in [6.45, 7) is 3.27. The number of benzene rings is 2. The number of hydrazine groups is 1. The van der Waals surface area contributed by atoms with Crippen LogP contribution < -0.4 is 10.7 Å². The Labute approximate surface area is 176 Å². The molecule has 2 aromatic rings. The number of urea groups is 1. The van der Waals surface area contributed by atoms with Gasteiger partial charge < -0.3 is 5.32 Å². The van der Waals surface area contributed by atoms with Crippen LogP contribution in [0, 0.1) is 0 Å². The molecule has 2 aliphatic rings. The monoisotopic (exact) mass is 406 g/mol. The number of carbonyl (C=O) groups is 3. The van der Waals surface area contributed by atoms with Gasteiger partial charge in [-0.3, -0.25) is 19.9 Å². The third-order valence-electron chi connectivity index (χ3n) is 5.83. The number of rotatable bonds is 6. The molecule has 156 valence electrons. The highest BCUT2D eigenvalue weighted by Crippen LogP contribution is 2.22. The Bertz CT molecular complexity index is 962. The fourth-order valence-corrected chi connectivity index (χ4v) is 4.05. The van der Waals surface area contributed by atoms with Crippen molar-refractivity contribution in [2.75, 3.05) is 13.1 Å². The van der Waals surface area contributed by atoms with Crippen LogP contribution in [0.1, 0.15) is 30.0 Å². The number of carbonyl (C=O) groups excluding carboxylic acids is 3. The number of amides is 4. The first kappa shape index (κ1) is 20.1. The predicted molar refractivity (Wildman–Crippen MR) is 112 cm³/mol. The molecule has 1 unspecified atom stereocenters. The van der Waals surface area contributed by atoms with Crippen molar-refractivity contribution < 1.29 is 14.4 Å². The summed E-state index contributed by atoms with van der Waals surface area (Å²) in [7, 11) is 0. The molecule has 0 radical (unpaired) electrons. The van der Waals surface area contributed by atoms with Crippen LogP contribution in [-0.4, -0.2) is 46.4 Å². The predicted octanol–water partition coefficient (Wildman–Crippen LogP) is 2.02. The lowest BCUT2D eigenvalue weighted by Crippen LogP contribution is -2.51. The maximum Gasteiger partial charge on any atom is 0.344 e. The van der Waals surface area contributed by atoms with E-state index in [2.05, 4.69) is 22.9 Å². The van der Waals surface area contributed by atoms with Gasteiger partial charge in [0.25, 0.3) is 11.8 Å². The lowest BCUT2D eigenvalue weighted by Gasteiger charge is -2.28. The first-order valence-corrected chi connectivity index (χ1v) is 10.2. The van der Waals surface area contributed by atoms with Gasteiger partial charge in [0.05, 0.1) is 6.54 Å². The molecule has 7 heteroatoms. The molecule has 2 aliphatic heterocycles. The molecule has 0 aliphatic carbocycles. The second kappa shape index (κ2) is 8.28. The Morgan fingerprint density at radius 3 is 2.53 bits per heavy atom. The van der Waals surface area contributed by atoms with Crippen LogP contribution in [0.15, 0.2) is 54.6 Å². The van der Waals surface area contributed by atoms with Gasteiger partial charge >= 0.3 is 6.03 Å². The molecule has 0 bridgehead atoms. The maximum atomic E-state index is 12.9. The minimum absolute atomic E-state index is 0.131. The fourth-order valence-electron chi connectivity index (χ4n) is 4.05. The lowest BCUT2D eigenvalue weighted by atomic mass is 9.93. The van der Waals surface area contributed by atoms with E-state index in [1.807, 2.05) is 47.4 Å². The zero-order valence-corrected chi connectivity index (χ0v) is 17.1. The highest BCUT2D eigenvalue weighted by Gasteiger charge is 2.48. The highest BCUT2D eigenvalue weighted by atomic mass is 16.2. The number of nitrogens with zero attached hydrogens (tertiary/aromatic N) is 2. The van der Waals surface area contributed by atoms with Crippen LogP contribution in [0.2, 0.25) is 0 Å². The van der Waals surface area contributed by atoms with Gasteiger partial charge in [-0.25, -0.2) is 4.79 Å². The van der Waals surface area contributed by atoms with Crippen molar-refractivity contribution in [3.8, 4) is 0 Å². The van der Waals surface area contributed by atoms with E-state index in [4.69, 9.17) is 0 Å². The molecule has 0 saturated carbocycles. The Kier molecular flexibility index (Phi) is 5.55. The average molecular weight is 406 g/mol. The Morgan fingerprint density at radius 1 is 1.07 bits per heavy atom. The Morgan fingerprint density at radius 2 is 1.77 bits per heavy atom.